The third-order valence-corrected chi connectivity index (χ3v) is 3.44. The smallest absolute Gasteiger partial charge is 0.258 e. The number of rotatable bonds is 4. The van der Waals surface area contributed by atoms with E-state index in [1.54, 1.807) is 7.11 Å². The van der Waals surface area contributed by atoms with Crippen LogP contribution in [-0.2, 0) is 9.53 Å². The van der Waals surface area contributed by atoms with Crippen molar-refractivity contribution >= 4 is 11.6 Å². The lowest BCUT2D eigenvalue weighted by Gasteiger charge is -2.17. The number of anilines is 1. The Hall–Kier alpha value is -2.13. The molecule has 0 heterocycles. The van der Waals surface area contributed by atoms with Gasteiger partial charge < -0.3 is 10.1 Å². The summed E-state index contributed by atoms with van der Waals surface area (Å²) in [4.78, 5) is 12.4. The summed E-state index contributed by atoms with van der Waals surface area (Å²) in [5.41, 5.74) is 3.89. The van der Waals surface area contributed by atoms with Gasteiger partial charge in [-0.2, -0.15) is 0 Å². The number of amides is 1. The molecule has 1 amide bonds. The van der Waals surface area contributed by atoms with E-state index in [9.17, 15) is 4.79 Å². The van der Waals surface area contributed by atoms with E-state index in [1.807, 2.05) is 62.4 Å². The van der Waals surface area contributed by atoms with Gasteiger partial charge in [-0.25, -0.2) is 0 Å². The number of benzene rings is 2. The van der Waals surface area contributed by atoms with Crippen LogP contribution in [0, 0.1) is 13.8 Å². The molecule has 2 aromatic carbocycles. The Morgan fingerprint density at radius 3 is 2.40 bits per heavy atom. The van der Waals surface area contributed by atoms with Crippen LogP contribution in [0.3, 0.4) is 0 Å². The van der Waals surface area contributed by atoms with Crippen LogP contribution in [0.2, 0.25) is 0 Å². The van der Waals surface area contributed by atoms with Crippen molar-refractivity contribution in [2.45, 2.75) is 20.0 Å². The first-order valence-corrected chi connectivity index (χ1v) is 6.58. The topological polar surface area (TPSA) is 38.3 Å². The molecular weight excluding hydrogens is 250 g/mol. The lowest BCUT2D eigenvalue weighted by Crippen LogP contribution is -2.23. The minimum atomic E-state index is -0.601. The molecule has 3 heteroatoms. The van der Waals surface area contributed by atoms with E-state index in [0.29, 0.717) is 0 Å². The zero-order chi connectivity index (χ0) is 14.5. The van der Waals surface area contributed by atoms with Crippen LogP contribution in [0.25, 0.3) is 0 Å². The molecule has 0 radical (unpaired) electrons. The molecule has 0 fully saturated rings. The first kappa shape index (κ1) is 14.3. The molecule has 0 aliphatic rings. The van der Waals surface area contributed by atoms with Gasteiger partial charge in [0.05, 0.1) is 0 Å². The standard InChI is InChI=1S/C17H19NO2/c1-12-8-7-11-15(13(12)2)18-17(19)16(20-3)14-9-5-4-6-10-14/h4-11,16H,1-3H3,(H,18,19)/t16-/m0/s1. The van der Waals surface area contributed by atoms with Crippen molar-refractivity contribution in [3.05, 3.63) is 65.2 Å². The van der Waals surface area contributed by atoms with Crippen molar-refractivity contribution in [1.82, 2.24) is 0 Å². The molecule has 2 aromatic rings. The quantitative estimate of drug-likeness (QED) is 0.920. The van der Waals surface area contributed by atoms with E-state index < -0.39 is 6.10 Å². The van der Waals surface area contributed by atoms with Crippen molar-refractivity contribution in [2.75, 3.05) is 12.4 Å². The average Bonchev–Trinajstić information content (AvgIpc) is 2.46. The predicted octanol–water partition coefficient (Wildman–Crippen LogP) is 3.63. The number of hydrogen-bond acceptors (Lipinski definition) is 2. The predicted molar refractivity (Wildman–Crippen MR) is 80.7 cm³/mol. The van der Waals surface area contributed by atoms with E-state index in [2.05, 4.69) is 5.32 Å². The highest BCUT2D eigenvalue weighted by Gasteiger charge is 2.20. The number of nitrogens with one attached hydrogen (secondary N) is 1. The van der Waals surface area contributed by atoms with Crippen LogP contribution >= 0.6 is 0 Å². The van der Waals surface area contributed by atoms with Crippen LogP contribution in [0.15, 0.2) is 48.5 Å². The fourth-order valence-corrected chi connectivity index (χ4v) is 2.11. The van der Waals surface area contributed by atoms with Gasteiger partial charge in [0.25, 0.3) is 5.91 Å². The molecule has 0 saturated carbocycles. The number of aryl methyl sites for hydroxylation is 1. The third-order valence-electron chi connectivity index (χ3n) is 3.44. The first-order valence-electron chi connectivity index (χ1n) is 6.58. The molecule has 1 atom stereocenters. The molecule has 1 N–H and O–H groups in total. The summed E-state index contributed by atoms with van der Waals surface area (Å²) in [5.74, 6) is -0.160. The summed E-state index contributed by atoms with van der Waals surface area (Å²) >= 11 is 0. The minimum absolute atomic E-state index is 0.160. The largest absolute Gasteiger partial charge is 0.367 e. The minimum Gasteiger partial charge on any atom is -0.367 e. The van der Waals surface area contributed by atoms with Crippen LogP contribution < -0.4 is 5.32 Å². The fraction of sp³-hybridized carbons (Fsp3) is 0.235. The van der Waals surface area contributed by atoms with Gasteiger partial charge in [0.15, 0.2) is 6.10 Å². The van der Waals surface area contributed by atoms with Crippen LogP contribution in [-0.4, -0.2) is 13.0 Å². The zero-order valence-electron chi connectivity index (χ0n) is 12.0. The maximum Gasteiger partial charge on any atom is 0.258 e. The summed E-state index contributed by atoms with van der Waals surface area (Å²) < 4.78 is 5.33. The summed E-state index contributed by atoms with van der Waals surface area (Å²) in [5, 5.41) is 2.94. The molecule has 0 aromatic heterocycles. The summed E-state index contributed by atoms with van der Waals surface area (Å²) in [6.07, 6.45) is -0.601. The highest BCUT2D eigenvalue weighted by molar-refractivity contribution is 5.95. The fourth-order valence-electron chi connectivity index (χ4n) is 2.11. The molecule has 2 rings (SSSR count). The van der Waals surface area contributed by atoms with E-state index in [4.69, 9.17) is 4.74 Å². The van der Waals surface area contributed by atoms with Crippen molar-refractivity contribution in [1.29, 1.82) is 0 Å². The normalized spacial score (nSPS) is 11.9. The van der Waals surface area contributed by atoms with E-state index in [1.165, 1.54) is 0 Å². The number of hydrogen-bond donors (Lipinski definition) is 1. The zero-order valence-corrected chi connectivity index (χ0v) is 12.0. The molecule has 0 bridgehead atoms. The van der Waals surface area contributed by atoms with Crippen molar-refractivity contribution < 1.29 is 9.53 Å². The third kappa shape index (κ3) is 3.06. The number of carbonyl (C=O) groups is 1. The molecule has 0 unspecified atom stereocenters. The Bertz CT molecular complexity index is 593. The highest BCUT2D eigenvalue weighted by atomic mass is 16.5. The van der Waals surface area contributed by atoms with Crippen LogP contribution in [0.4, 0.5) is 5.69 Å². The Labute approximate surface area is 119 Å². The van der Waals surface area contributed by atoms with E-state index in [-0.39, 0.29) is 5.91 Å². The van der Waals surface area contributed by atoms with Crippen molar-refractivity contribution in [2.24, 2.45) is 0 Å². The second kappa shape index (κ2) is 6.35. The molecule has 0 saturated heterocycles. The monoisotopic (exact) mass is 269 g/mol. The second-order valence-corrected chi connectivity index (χ2v) is 4.76. The Morgan fingerprint density at radius 1 is 1.05 bits per heavy atom. The molecule has 104 valence electrons. The van der Waals surface area contributed by atoms with Gasteiger partial charge in [-0.1, -0.05) is 42.5 Å². The van der Waals surface area contributed by atoms with Gasteiger partial charge in [0.1, 0.15) is 0 Å². The Kier molecular flexibility index (Phi) is 4.53. The van der Waals surface area contributed by atoms with Gasteiger partial charge >= 0.3 is 0 Å². The summed E-state index contributed by atoms with van der Waals surface area (Å²) in [7, 11) is 1.54. The van der Waals surface area contributed by atoms with Crippen LogP contribution in [0.1, 0.15) is 22.8 Å². The number of methoxy groups -OCH3 is 1. The molecule has 20 heavy (non-hydrogen) atoms. The van der Waals surface area contributed by atoms with Crippen LogP contribution in [0.5, 0.6) is 0 Å². The van der Waals surface area contributed by atoms with E-state index >= 15 is 0 Å². The van der Waals surface area contributed by atoms with Gasteiger partial charge in [0.2, 0.25) is 0 Å². The van der Waals surface area contributed by atoms with Gasteiger partial charge in [-0.15, -0.1) is 0 Å². The number of carbonyl (C=O) groups excluding carboxylic acids is 1. The molecule has 3 nitrogen and oxygen atoms in total. The Balaban J connectivity index is 2.20. The average molecular weight is 269 g/mol. The number of ether oxygens (including phenoxy) is 1. The van der Waals surface area contributed by atoms with Gasteiger partial charge in [-0.3, -0.25) is 4.79 Å². The lowest BCUT2D eigenvalue weighted by molar-refractivity contribution is -0.126. The van der Waals surface area contributed by atoms with Gasteiger partial charge in [-0.05, 0) is 36.6 Å². The first-order chi connectivity index (χ1) is 9.63. The molecule has 0 spiro atoms. The molecular formula is C17H19NO2. The van der Waals surface area contributed by atoms with Gasteiger partial charge in [0, 0.05) is 12.8 Å². The molecule has 0 aliphatic carbocycles. The summed E-state index contributed by atoms with van der Waals surface area (Å²) in [6, 6.07) is 15.3. The van der Waals surface area contributed by atoms with Crippen molar-refractivity contribution in [3.8, 4) is 0 Å². The highest BCUT2D eigenvalue weighted by Crippen LogP contribution is 2.22. The van der Waals surface area contributed by atoms with E-state index in [0.717, 1.165) is 22.4 Å². The second-order valence-electron chi connectivity index (χ2n) is 4.76. The SMILES string of the molecule is CO[C@H](C(=O)Nc1cccc(C)c1C)c1ccccc1. The lowest BCUT2D eigenvalue weighted by atomic mass is 10.1. The molecule has 0 aliphatic heterocycles. The van der Waals surface area contributed by atoms with Crippen molar-refractivity contribution in [3.63, 3.8) is 0 Å². The Morgan fingerprint density at radius 2 is 1.75 bits per heavy atom. The summed E-state index contributed by atoms with van der Waals surface area (Å²) in [6.45, 7) is 4.02. The maximum atomic E-state index is 12.4. The maximum absolute atomic E-state index is 12.4.